The smallest absolute Gasteiger partial charge is 0.260 e. The van der Waals surface area contributed by atoms with Gasteiger partial charge in [-0.15, -0.1) is 0 Å². The van der Waals surface area contributed by atoms with Crippen LogP contribution < -0.4 is 10.1 Å². The Balaban J connectivity index is 1.64. The van der Waals surface area contributed by atoms with Gasteiger partial charge in [-0.2, -0.15) is 0 Å². The van der Waals surface area contributed by atoms with Crippen LogP contribution in [0.4, 0.5) is 0 Å². The minimum Gasteiger partial charge on any atom is -0.483 e. The van der Waals surface area contributed by atoms with Gasteiger partial charge in [-0.3, -0.25) is 9.59 Å². The Labute approximate surface area is 143 Å². The molecule has 1 atom stereocenters. The van der Waals surface area contributed by atoms with E-state index in [1.54, 1.807) is 0 Å². The number of likely N-dealkylation sites (tertiary alicyclic amines) is 1. The topological polar surface area (TPSA) is 58.6 Å². The minimum atomic E-state index is -0.0730. The summed E-state index contributed by atoms with van der Waals surface area (Å²) in [7, 11) is 0. The molecule has 1 heterocycles. The minimum absolute atomic E-state index is 0.0392. The highest BCUT2D eigenvalue weighted by molar-refractivity contribution is 5.81. The van der Waals surface area contributed by atoms with E-state index in [2.05, 4.69) is 5.32 Å². The average Bonchev–Trinajstić information content (AvgIpc) is 3.32. The van der Waals surface area contributed by atoms with E-state index in [0.29, 0.717) is 5.75 Å². The summed E-state index contributed by atoms with van der Waals surface area (Å²) < 4.78 is 5.81. The van der Waals surface area contributed by atoms with E-state index in [-0.39, 0.29) is 30.4 Å². The zero-order valence-electron chi connectivity index (χ0n) is 14.3. The average molecular weight is 330 g/mol. The number of benzene rings is 1. The molecule has 1 N–H and O–H groups in total. The third-order valence-corrected chi connectivity index (χ3v) is 4.78. The van der Waals surface area contributed by atoms with Crippen molar-refractivity contribution in [2.24, 2.45) is 5.92 Å². The Kier molecular flexibility index (Phi) is 5.38. The predicted molar refractivity (Wildman–Crippen MR) is 91.6 cm³/mol. The molecular formula is C19H26N2O3. The van der Waals surface area contributed by atoms with Crippen LogP contribution in [0.25, 0.3) is 0 Å². The first-order valence-electron chi connectivity index (χ1n) is 8.99. The second-order valence-electron chi connectivity index (χ2n) is 6.66. The number of carbonyl (C=O) groups is 2. The number of carbonyl (C=O) groups excluding carboxylic acids is 2. The van der Waals surface area contributed by atoms with Gasteiger partial charge >= 0.3 is 0 Å². The summed E-state index contributed by atoms with van der Waals surface area (Å²) >= 11 is 0. The highest BCUT2D eigenvalue weighted by atomic mass is 16.5. The van der Waals surface area contributed by atoms with E-state index >= 15 is 0 Å². The number of nitrogens with one attached hydrogen (secondary N) is 1. The molecule has 1 saturated carbocycles. The van der Waals surface area contributed by atoms with Crippen molar-refractivity contribution in [2.75, 3.05) is 19.7 Å². The molecule has 24 heavy (non-hydrogen) atoms. The maximum Gasteiger partial charge on any atom is 0.260 e. The number of amides is 2. The van der Waals surface area contributed by atoms with Crippen LogP contribution in [0.5, 0.6) is 5.75 Å². The molecule has 130 valence electrons. The van der Waals surface area contributed by atoms with Gasteiger partial charge in [0.2, 0.25) is 5.91 Å². The largest absolute Gasteiger partial charge is 0.483 e. The molecule has 1 aromatic carbocycles. The molecule has 0 radical (unpaired) electrons. The standard InChI is InChI=1S/C19H26N2O3/c1-2-16(20-19(23)14-9-10-14)15-7-3-4-8-17(15)24-13-18(22)21-11-5-6-12-21/h3-4,7-8,14,16H,2,5-6,9-13H2,1H3,(H,20,23). The van der Waals surface area contributed by atoms with Gasteiger partial charge in [-0.25, -0.2) is 0 Å². The van der Waals surface area contributed by atoms with E-state index < -0.39 is 0 Å². The first-order chi connectivity index (χ1) is 11.7. The summed E-state index contributed by atoms with van der Waals surface area (Å²) in [4.78, 5) is 26.1. The van der Waals surface area contributed by atoms with Crippen LogP contribution in [0, 0.1) is 5.92 Å². The number of para-hydroxylation sites is 1. The lowest BCUT2D eigenvalue weighted by atomic mass is 10.0. The summed E-state index contributed by atoms with van der Waals surface area (Å²) in [5, 5.41) is 3.11. The van der Waals surface area contributed by atoms with Gasteiger partial charge in [0.05, 0.1) is 6.04 Å². The van der Waals surface area contributed by atoms with Gasteiger partial charge in [0.15, 0.2) is 6.61 Å². The van der Waals surface area contributed by atoms with Crippen LogP contribution >= 0.6 is 0 Å². The van der Waals surface area contributed by atoms with E-state index in [9.17, 15) is 9.59 Å². The number of nitrogens with zero attached hydrogens (tertiary/aromatic N) is 1. The number of rotatable bonds is 7. The highest BCUT2D eigenvalue weighted by Crippen LogP contribution is 2.32. The predicted octanol–water partition coefficient (Wildman–Crippen LogP) is 2.67. The van der Waals surface area contributed by atoms with Gasteiger partial charge in [0.1, 0.15) is 5.75 Å². The Morgan fingerprint density at radius 2 is 1.96 bits per heavy atom. The van der Waals surface area contributed by atoms with Crippen molar-refractivity contribution in [3.05, 3.63) is 29.8 Å². The van der Waals surface area contributed by atoms with Gasteiger partial charge in [-0.05, 0) is 38.2 Å². The molecule has 5 heteroatoms. The zero-order chi connectivity index (χ0) is 16.9. The second kappa shape index (κ2) is 7.69. The van der Waals surface area contributed by atoms with Crippen molar-refractivity contribution in [2.45, 2.75) is 45.1 Å². The second-order valence-corrected chi connectivity index (χ2v) is 6.66. The lowest BCUT2D eigenvalue weighted by Crippen LogP contribution is -2.33. The van der Waals surface area contributed by atoms with E-state index in [1.165, 1.54) is 0 Å². The molecule has 1 unspecified atom stereocenters. The fraction of sp³-hybridized carbons (Fsp3) is 0.579. The third kappa shape index (κ3) is 4.08. The first kappa shape index (κ1) is 16.8. The number of ether oxygens (including phenoxy) is 1. The van der Waals surface area contributed by atoms with Gasteiger partial charge in [0, 0.05) is 24.6 Å². The van der Waals surface area contributed by atoms with Crippen LogP contribution in [0.3, 0.4) is 0 Å². The normalized spacial score (nSPS) is 18.3. The quantitative estimate of drug-likeness (QED) is 0.836. The van der Waals surface area contributed by atoms with Crippen LogP contribution in [0.15, 0.2) is 24.3 Å². The fourth-order valence-corrected chi connectivity index (χ4v) is 3.13. The molecule has 3 rings (SSSR count). The van der Waals surface area contributed by atoms with E-state index in [0.717, 1.165) is 50.8 Å². The lowest BCUT2D eigenvalue weighted by Gasteiger charge is -2.21. The summed E-state index contributed by atoms with van der Waals surface area (Å²) in [6.45, 7) is 3.77. The molecule has 1 saturated heterocycles. The van der Waals surface area contributed by atoms with Crippen molar-refractivity contribution < 1.29 is 14.3 Å². The monoisotopic (exact) mass is 330 g/mol. The van der Waals surface area contributed by atoms with Crippen LogP contribution in [0.1, 0.15) is 50.6 Å². The SMILES string of the molecule is CCC(NC(=O)C1CC1)c1ccccc1OCC(=O)N1CCCC1. The zero-order valence-corrected chi connectivity index (χ0v) is 14.3. The van der Waals surface area contributed by atoms with Gasteiger partial charge < -0.3 is 15.0 Å². The van der Waals surface area contributed by atoms with E-state index in [4.69, 9.17) is 4.74 Å². The molecular weight excluding hydrogens is 304 g/mol. The molecule has 0 spiro atoms. The van der Waals surface area contributed by atoms with Gasteiger partial charge in [-0.1, -0.05) is 25.1 Å². The molecule has 1 aliphatic heterocycles. The number of hydrogen-bond acceptors (Lipinski definition) is 3. The maximum atomic E-state index is 12.2. The Morgan fingerprint density at radius 1 is 1.25 bits per heavy atom. The van der Waals surface area contributed by atoms with Crippen molar-refractivity contribution in [3.8, 4) is 5.75 Å². The summed E-state index contributed by atoms with van der Waals surface area (Å²) in [5.74, 6) is 1.04. The molecule has 1 aliphatic carbocycles. The molecule has 2 amide bonds. The van der Waals surface area contributed by atoms with Crippen LogP contribution in [-0.2, 0) is 9.59 Å². The highest BCUT2D eigenvalue weighted by Gasteiger charge is 2.31. The Morgan fingerprint density at radius 3 is 2.62 bits per heavy atom. The molecule has 0 bridgehead atoms. The van der Waals surface area contributed by atoms with E-state index in [1.807, 2.05) is 36.1 Å². The van der Waals surface area contributed by atoms with Crippen molar-refractivity contribution in [1.82, 2.24) is 10.2 Å². The molecule has 2 aliphatic rings. The Hall–Kier alpha value is -2.04. The number of hydrogen-bond donors (Lipinski definition) is 1. The molecule has 0 aromatic heterocycles. The first-order valence-corrected chi connectivity index (χ1v) is 8.99. The van der Waals surface area contributed by atoms with Crippen molar-refractivity contribution in [3.63, 3.8) is 0 Å². The fourth-order valence-electron chi connectivity index (χ4n) is 3.13. The molecule has 2 fully saturated rings. The van der Waals surface area contributed by atoms with Crippen molar-refractivity contribution in [1.29, 1.82) is 0 Å². The Bertz CT molecular complexity index is 592. The van der Waals surface area contributed by atoms with Crippen LogP contribution in [0.2, 0.25) is 0 Å². The third-order valence-electron chi connectivity index (χ3n) is 4.78. The lowest BCUT2D eigenvalue weighted by molar-refractivity contribution is -0.132. The molecule has 5 nitrogen and oxygen atoms in total. The maximum absolute atomic E-state index is 12.2. The molecule has 1 aromatic rings. The van der Waals surface area contributed by atoms with Crippen molar-refractivity contribution >= 4 is 11.8 Å². The summed E-state index contributed by atoms with van der Waals surface area (Å²) in [5.41, 5.74) is 0.947. The van der Waals surface area contributed by atoms with Gasteiger partial charge in [0.25, 0.3) is 5.91 Å². The van der Waals surface area contributed by atoms with Crippen LogP contribution in [-0.4, -0.2) is 36.4 Å². The summed E-state index contributed by atoms with van der Waals surface area (Å²) in [6, 6.07) is 7.61. The summed E-state index contributed by atoms with van der Waals surface area (Å²) in [6.07, 6.45) is 4.93.